The molecule has 9 heteroatoms. The van der Waals surface area contributed by atoms with Crippen LogP contribution in [0.3, 0.4) is 0 Å². The predicted molar refractivity (Wildman–Crippen MR) is 158 cm³/mol. The minimum absolute atomic E-state index is 0.257. The van der Waals surface area contributed by atoms with Crippen molar-refractivity contribution in [1.82, 2.24) is 14.7 Å². The Hall–Kier alpha value is -1.51. The summed E-state index contributed by atoms with van der Waals surface area (Å²) >= 11 is 12.7. The number of anilines is 1. The summed E-state index contributed by atoms with van der Waals surface area (Å²) < 4.78 is 42.1. The third-order valence-corrected chi connectivity index (χ3v) is 9.79. The molecule has 0 bridgehead atoms. The number of hydrogen-bond acceptors (Lipinski definition) is 4. The fourth-order valence-corrected chi connectivity index (χ4v) is 7.16. The van der Waals surface area contributed by atoms with Gasteiger partial charge in [0.25, 0.3) is 0 Å². The number of halogens is 5. The van der Waals surface area contributed by atoms with Gasteiger partial charge in [0.05, 0.1) is 15.6 Å². The van der Waals surface area contributed by atoms with Crippen LogP contribution >= 0.6 is 23.2 Å². The van der Waals surface area contributed by atoms with Gasteiger partial charge >= 0.3 is 6.18 Å². The molecule has 2 heterocycles. The second-order valence-electron chi connectivity index (χ2n) is 11.8. The predicted octanol–water partition coefficient (Wildman–Crippen LogP) is 7.59. The number of likely N-dealkylation sites (N-methyl/N-ethyl adjacent to an activating group) is 1. The second-order valence-corrected chi connectivity index (χ2v) is 12.6. The zero-order chi connectivity index (χ0) is 28.3. The van der Waals surface area contributed by atoms with E-state index in [4.69, 9.17) is 23.2 Å². The molecule has 1 saturated carbocycles. The van der Waals surface area contributed by atoms with E-state index in [-0.39, 0.29) is 6.04 Å². The summed E-state index contributed by atoms with van der Waals surface area (Å²) in [5.41, 5.74) is 1.96. The van der Waals surface area contributed by atoms with E-state index in [0.717, 1.165) is 64.5 Å². The summed E-state index contributed by atoms with van der Waals surface area (Å²) in [6, 6.07) is 11.0. The monoisotopic (exact) mass is 596 g/mol. The fourth-order valence-electron chi connectivity index (χ4n) is 6.86. The van der Waals surface area contributed by atoms with E-state index in [9.17, 15) is 13.2 Å². The molecule has 5 rings (SSSR count). The van der Waals surface area contributed by atoms with E-state index < -0.39 is 11.7 Å². The maximum atomic E-state index is 14.0. The minimum Gasteiger partial charge on any atom is -0.370 e. The van der Waals surface area contributed by atoms with Crippen molar-refractivity contribution in [2.75, 3.05) is 64.3 Å². The number of nitrogens with zero attached hydrogens (tertiary/aromatic N) is 4. The van der Waals surface area contributed by atoms with Crippen LogP contribution in [-0.4, -0.2) is 74.1 Å². The topological polar surface area (TPSA) is 13.0 Å². The molecule has 1 unspecified atom stereocenters. The van der Waals surface area contributed by atoms with Crippen LogP contribution in [0, 0.1) is 5.92 Å². The maximum Gasteiger partial charge on any atom is 0.416 e. The highest BCUT2D eigenvalue weighted by Crippen LogP contribution is 2.41. The Morgan fingerprint density at radius 1 is 0.800 bits per heavy atom. The summed E-state index contributed by atoms with van der Waals surface area (Å²) in [5.74, 6) is 0.554. The summed E-state index contributed by atoms with van der Waals surface area (Å²) in [6.45, 7) is 7.05. The van der Waals surface area contributed by atoms with Gasteiger partial charge in [0.15, 0.2) is 0 Å². The van der Waals surface area contributed by atoms with Gasteiger partial charge in [-0.15, -0.1) is 0 Å². The molecule has 0 aromatic heterocycles. The maximum absolute atomic E-state index is 14.0. The second kappa shape index (κ2) is 13.2. The van der Waals surface area contributed by atoms with Crippen LogP contribution in [0.5, 0.6) is 0 Å². The standard InChI is InChI=1S/C31H41Cl2F3N4/c1-37-12-5-13-39(17-14-37)26-9-10-27(31(34,35)36)25(20-26)22-38-15-18-40(19-16-38)30(23-6-3-2-4-7-23)24-8-11-28(32)29(33)21-24/h8-11,20-21,23,30H,2-7,12-19,22H2,1H3. The third kappa shape index (κ3) is 7.27. The van der Waals surface area contributed by atoms with E-state index in [2.05, 4.69) is 32.7 Å². The Kier molecular flexibility index (Phi) is 9.89. The van der Waals surface area contributed by atoms with Gasteiger partial charge < -0.3 is 9.80 Å². The molecule has 2 saturated heterocycles. The number of alkyl halides is 3. The van der Waals surface area contributed by atoms with E-state index in [1.807, 2.05) is 12.1 Å². The number of benzene rings is 2. The smallest absolute Gasteiger partial charge is 0.370 e. The molecular weight excluding hydrogens is 556 g/mol. The molecule has 3 fully saturated rings. The van der Waals surface area contributed by atoms with E-state index >= 15 is 0 Å². The van der Waals surface area contributed by atoms with Crippen molar-refractivity contribution in [2.24, 2.45) is 5.92 Å². The molecule has 1 atom stereocenters. The van der Waals surface area contributed by atoms with Gasteiger partial charge in [-0.05, 0) is 80.2 Å². The van der Waals surface area contributed by atoms with E-state index in [1.54, 1.807) is 12.1 Å². The highest BCUT2D eigenvalue weighted by molar-refractivity contribution is 6.42. The van der Waals surface area contributed by atoms with Crippen molar-refractivity contribution in [3.05, 3.63) is 63.1 Å². The molecule has 2 aromatic carbocycles. The molecule has 0 amide bonds. The van der Waals surface area contributed by atoms with Gasteiger partial charge in [-0.25, -0.2) is 0 Å². The van der Waals surface area contributed by atoms with Gasteiger partial charge in [-0.1, -0.05) is 48.5 Å². The molecule has 40 heavy (non-hydrogen) atoms. The lowest BCUT2D eigenvalue weighted by atomic mass is 9.80. The first-order chi connectivity index (χ1) is 19.2. The van der Waals surface area contributed by atoms with Gasteiger partial charge in [-0.3, -0.25) is 9.80 Å². The Morgan fingerprint density at radius 2 is 1.55 bits per heavy atom. The van der Waals surface area contributed by atoms with Crippen LogP contribution in [-0.2, 0) is 12.7 Å². The molecule has 1 aliphatic carbocycles. The summed E-state index contributed by atoms with van der Waals surface area (Å²) in [4.78, 5) is 9.23. The fraction of sp³-hybridized carbons (Fsp3) is 0.613. The molecule has 0 radical (unpaired) electrons. The lowest BCUT2D eigenvalue weighted by Gasteiger charge is -2.44. The summed E-state index contributed by atoms with van der Waals surface area (Å²) in [5, 5.41) is 1.14. The summed E-state index contributed by atoms with van der Waals surface area (Å²) in [6.07, 6.45) is 2.80. The van der Waals surface area contributed by atoms with Crippen LogP contribution in [0.4, 0.5) is 18.9 Å². The highest BCUT2D eigenvalue weighted by Gasteiger charge is 2.36. The zero-order valence-corrected chi connectivity index (χ0v) is 24.9. The van der Waals surface area contributed by atoms with Crippen LogP contribution in [0.25, 0.3) is 0 Å². The van der Waals surface area contributed by atoms with Gasteiger partial charge in [0, 0.05) is 64.1 Å². The van der Waals surface area contributed by atoms with Gasteiger partial charge in [0.1, 0.15) is 0 Å². The first-order valence-corrected chi connectivity index (χ1v) is 15.5. The SMILES string of the molecule is CN1CCCN(c2ccc(C(F)(F)F)c(CN3CCN(C(c4ccc(Cl)c(Cl)c4)C4CCCCC4)CC3)c2)CC1. The average molecular weight is 598 g/mol. The van der Waals surface area contributed by atoms with Crippen molar-refractivity contribution >= 4 is 28.9 Å². The van der Waals surface area contributed by atoms with Crippen molar-refractivity contribution in [2.45, 2.75) is 57.3 Å². The molecule has 220 valence electrons. The Labute approximate surface area is 247 Å². The van der Waals surface area contributed by atoms with Gasteiger partial charge in [-0.2, -0.15) is 13.2 Å². The Bertz CT molecular complexity index is 1130. The Balaban J connectivity index is 1.31. The van der Waals surface area contributed by atoms with Crippen molar-refractivity contribution < 1.29 is 13.2 Å². The zero-order valence-electron chi connectivity index (χ0n) is 23.4. The summed E-state index contributed by atoms with van der Waals surface area (Å²) in [7, 11) is 2.10. The Morgan fingerprint density at radius 3 is 2.25 bits per heavy atom. The normalized spacial score (nSPS) is 21.9. The van der Waals surface area contributed by atoms with Crippen molar-refractivity contribution in [1.29, 1.82) is 0 Å². The number of piperazine rings is 1. The number of rotatable bonds is 6. The molecular formula is C31H41Cl2F3N4. The van der Waals surface area contributed by atoms with Crippen LogP contribution in [0.2, 0.25) is 10.0 Å². The lowest BCUT2D eigenvalue weighted by molar-refractivity contribution is -0.138. The van der Waals surface area contributed by atoms with E-state index in [1.165, 1.54) is 43.7 Å². The molecule has 0 N–H and O–H groups in total. The lowest BCUT2D eigenvalue weighted by Crippen LogP contribution is -2.49. The quantitative estimate of drug-likeness (QED) is 0.340. The van der Waals surface area contributed by atoms with Crippen molar-refractivity contribution in [3.8, 4) is 0 Å². The first kappa shape index (κ1) is 30.0. The largest absolute Gasteiger partial charge is 0.416 e. The average Bonchev–Trinajstić information content (AvgIpc) is 3.16. The van der Waals surface area contributed by atoms with Gasteiger partial charge in [0.2, 0.25) is 0 Å². The molecule has 0 spiro atoms. The van der Waals surface area contributed by atoms with Crippen LogP contribution in [0.15, 0.2) is 36.4 Å². The molecule has 4 nitrogen and oxygen atoms in total. The molecule has 2 aromatic rings. The first-order valence-electron chi connectivity index (χ1n) is 14.7. The highest BCUT2D eigenvalue weighted by atomic mass is 35.5. The molecule has 3 aliphatic rings. The van der Waals surface area contributed by atoms with E-state index in [0.29, 0.717) is 28.1 Å². The molecule has 2 aliphatic heterocycles. The number of hydrogen-bond donors (Lipinski definition) is 0. The van der Waals surface area contributed by atoms with Crippen LogP contribution in [0.1, 0.15) is 61.3 Å². The third-order valence-electron chi connectivity index (χ3n) is 9.05. The van der Waals surface area contributed by atoms with Crippen molar-refractivity contribution in [3.63, 3.8) is 0 Å². The van der Waals surface area contributed by atoms with Crippen LogP contribution < -0.4 is 4.90 Å². The minimum atomic E-state index is -4.37.